The molecule has 21 heavy (non-hydrogen) atoms. The molecule has 1 aliphatic rings. The van der Waals surface area contributed by atoms with Gasteiger partial charge in [0, 0.05) is 19.0 Å². The summed E-state index contributed by atoms with van der Waals surface area (Å²) in [5.74, 6) is 5.80. The molecule has 0 radical (unpaired) electrons. The van der Waals surface area contributed by atoms with E-state index < -0.39 is 0 Å². The molecule has 1 aromatic heterocycles. The van der Waals surface area contributed by atoms with E-state index in [2.05, 4.69) is 29.1 Å². The number of likely N-dealkylation sites (tertiary alicyclic amines) is 1. The van der Waals surface area contributed by atoms with Crippen molar-refractivity contribution in [2.24, 2.45) is 0 Å². The Morgan fingerprint density at radius 2 is 2.38 bits per heavy atom. The number of hydrogen-bond donors (Lipinski definition) is 2. The number of aliphatic hydroxyl groups excluding tert-OH is 1. The van der Waals surface area contributed by atoms with Gasteiger partial charge in [0.25, 0.3) is 5.91 Å². The van der Waals surface area contributed by atoms with Crippen LogP contribution in [0, 0.1) is 11.8 Å². The zero-order valence-corrected chi connectivity index (χ0v) is 13.2. The Bertz CT molecular complexity index is 530. The average molecular weight is 306 g/mol. The lowest BCUT2D eigenvalue weighted by molar-refractivity contribution is 0.0932. The van der Waals surface area contributed by atoms with E-state index in [9.17, 15) is 4.79 Å². The summed E-state index contributed by atoms with van der Waals surface area (Å²) in [7, 11) is 2.12. The predicted molar refractivity (Wildman–Crippen MR) is 85.5 cm³/mol. The van der Waals surface area contributed by atoms with Crippen molar-refractivity contribution in [1.29, 1.82) is 0 Å². The van der Waals surface area contributed by atoms with Crippen LogP contribution in [0.1, 0.15) is 40.2 Å². The highest BCUT2D eigenvalue weighted by Gasteiger charge is 2.19. The van der Waals surface area contributed by atoms with Gasteiger partial charge in [-0.15, -0.1) is 11.3 Å². The Hall–Kier alpha value is -1.35. The number of nitrogens with one attached hydrogen (secondary N) is 1. The second-order valence-electron chi connectivity index (χ2n) is 5.28. The summed E-state index contributed by atoms with van der Waals surface area (Å²) in [6.45, 7) is 1.89. The van der Waals surface area contributed by atoms with E-state index in [0.717, 1.165) is 17.8 Å². The molecular weight excluding hydrogens is 284 g/mol. The highest BCUT2D eigenvalue weighted by atomic mass is 32.1. The maximum absolute atomic E-state index is 12.1. The molecule has 1 unspecified atom stereocenters. The average Bonchev–Trinajstić information content (AvgIpc) is 2.95. The molecule has 0 bridgehead atoms. The van der Waals surface area contributed by atoms with Gasteiger partial charge in [-0.2, -0.15) is 0 Å². The summed E-state index contributed by atoms with van der Waals surface area (Å²) < 4.78 is 0. The third kappa shape index (κ3) is 4.85. The molecule has 5 heteroatoms. The Kier molecular flexibility index (Phi) is 6.24. The largest absolute Gasteiger partial charge is 0.395 e. The van der Waals surface area contributed by atoms with Gasteiger partial charge in [-0.1, -0.05) is 18.3 Å². The molecule has 2 N–H and O–H groups in total. The summed E-state index contributed by atoms with van der Waals surface area (Å²) >= 11 is 1.40. The maximum Gasteiger partial charge on any atom is 0.261 e. The third-order valence-electron chi connectivity index (χ3n) is 3.70. The smallest absolute Gasteiger partial charge is 0.261 e. The van der Waals surface area contributed by atoms with Gasteiger partial charge in [-0.05, 0) is 38.6 Å². The van der Waals surface area contributed by atoms with Crippen molar-refractivity contribution in [2.45, 2.75) is 31.7 Å². The van der Waals surface area contributed by atoms with Gasteiger partial charge in [0.1, 0.15) is 0 Å². The molecule has 2 heterocycles. The fourth-order valence-electron chi connectivity index (χ4n) is 2.43. The fourth-order valence-corrected chi connectivity index (χ4v) is 3.23. The van der Waals surface area contributed by atoms with Crippen LogP contribution in [0.15, 0.2) is 12.1 Å². The molecule has 1 aromatic rings. The minimum atomic E-state index is -0.0193. The SMILES string of the molecule is CN1CCCCC1CNC(=O)c1ccc(C#CCCO)s1. The number of carbonyl (C=O) groups is 1. The van der Waals surface area contributed by atoms with E-state index in [0.29, 0.717) is 23.9 Å². The number of aliphatic hydroxyl groups is 1. The van der Waals surface area contributed by atoms with E-state index in [-0.39, 0.29) is 12.5 Å². The van der Waals surface area contributed by atoms with Gasteiger partial charge in [0.2, 0.25) is 0 Å². The zero-order valence-electron chi connectivity index (χ0n) is 12.4. The fraction of sp³-hybridized carbons (Fsp3) is 0.562. The monoisotopic (exact) mass is 306 g/mol. The Balaban J connectivity index is 1.84. The van der Waals surface area contributed by atoms with Crippen LogP contribution in [0.25, 0.3) is 0 Å². The van der Waals surface area contributed by atoms with Gasteiger partial charge in [-0.25, -0.2) is 0 Å². The number of piperidine rings is 1. The molecule has 1 atom stereocenters. The van der Waals surface area contributed by atoms with E-state index in [4.69, 9.17) is 5.11 Å². The summed E-state index contributed by atoms with van der Waals surface area (Å²) in [5.41, 5.74) is 0. The van der Waals surface area contributed by atoms with Gasteiger partial charge in [0.15, 0.2) is 0 Å². The first kappa shape index (κ1) is 16.0. The second-order valence-corrected chi connectivity index (χ2v) is 6.36. The zero-order chi connectivity index (χ0) is 15.1. The topological polar surface area (TPSA) is 52.6 Å². The van der Waals surface area contributed by atoms with Crippen LogP contribution in [0.3, 0.4) is 0 Å². The van der Waals surface area contributed by atoms with Crippen molar-refractivity contribution in [3.8, 4) is 11.8 Å². The standard InChI is InChI=1S/C16H22N2O2S/c1-18-10-4-2-6-13(18)12-17-16(20)15-9-8-14(21-15)7-3-5-11-19/h8-9,13,19H,2,4-6,10-12H2,1H3,(H,17,20). The lowest BCUT2D eigenvalue weighted by Crippen LogP contribution is -2.44. The minimum absolute atomic E-state index is 0.0193. The molecular formula is C16H22N2O2S. The molecule has 0 spiro atoms. The van der Waals surface area contributed by atoms with Crippen LogP contribution >= 0.6 is 11.3 Å². The van der Waals surface area contributed by atoms with E-state index in [1.54, 1.807) is 0 Å². The molecule has 1 aliphatic heterocycles. The highest BCUT2D eigenvalue weighted by Crippen LogP contribution is 2.17. The van der Waals surface area contributed by atoms with Gasteiger partial charge in [-0.3, -0.25) is 4.79 Å². The van der Waals surface area contributed by atoms with Crippen molar-refractivity contribution in [3.05, 3.63) is 21.9 Å². The number of likely N-dealkylation sites (N-methyl/N-ethyl adjacent to an activating group) is 1. The van der Waals surface area contributed by atoms with Crippen molar-refractivity contribution >= 4 is 17.2 Å². The second kappa shape index (κ2) is 8.18. The van der Waals surface area contributed by atoms with Gasteiger partial charge >= 0.3 is 0 Å². The summed E-state index contributed by atoms with van der Waals surface area (Å²) in [6.07, 6.45) is 4.11. The summed E-state index contributed by atoms with van der Waals surface area (Å²) in [4.78, 5) is 16.0. The normalized spacial score (nSPS) is 18.9. The van der Waals surface area contributed by atoms with Crippen molar-refractivity contribution in [3.63, 3.8) is 0 Å². The summed E-state index contributed by atoms with van der Waals surface area (Å²) in [6, 6.07) is 4.12. The van der Waals surface area contributed by atoms with E-state index >= 15 is 0 Å². The van der Waals surface area contributed by atoms with Crippen LogP contribution in [-0.2, 0) is 0 Å². The third-order valence-corrected chi connectivity index (χ3v) is 4.70. The first-order valence-corrected chi connectivity index (χ1v) is 8.20. The van der Waals surface area contributed by atoms with E-state index in [1.165, 1.54) is 24.2 Å². The molecule has 0 saturated carbocycles. The van der Waals surface area contributed by atoms with Crippen molar-refractivity contribution < 1.29 is 9.90 Å². The van der Waals surface area contributed by atoms with E-state index in [1.807, 2.05) is 12.1 Å². The van der Waals surface area contributed by atoms with Crippen molar-refractivity contribution in [2.75, 3.05) is 26.7 Å². The van der Waals surface area contributed by atoms with Crippen LogP contribution in [0.5, 0.6) is 0 Å². The number of carbonyl (C=O) groups excluding carboxylic acids is 1. The number of amides is 1. The first-order valence-electron chi connectivity index (χ1n) is 7.38. The number of nitrogens with zero attached hydrogens (tertiary/aromatic N) is 1. The molecule has 114 valence electrons. The first-order chi connectivity index (χ1) is 10.2. The summed E-state index contributed by atoms with van der Waals surface area (Å²) in [5, 5.41) is 11.7. The Labute approximate surface area is 130 Å². The molecule has 4 nitrogen and oxygen atoms in total. The van der Waals surface area contributed by atoms with Crippen LogP contribution in [-0.4, -0.2) is 48.7 Å². The highest BCUT2D eigenvalue weighted by molar-refractivity contribution is 7.14. The van der Waals surface area contributed by atoms with Crippen LogP contribution in [0.2, 0.25) is 0 Å². The quantitative estimate of drug-likeness (QED) is 0.833. The lowest BCUT2D eigenvalue weighted by Gasteiger charge is -2.32. The van der Waals surface area contributed by atoms with Gasteiger partial charge < -0.3 is 15.3 Å². The van der Waals surface area contributed by atoms with Crippen LogP contribution < -0.4 is 5.32 Å². The molecule has 2 rings (SSSR count). The Morgan fingerprint density at radius 3 is 3.14 bits per heavy atom. The number of rotatable bonds is 4. The molecule has 0 aliphatic carbocycles. The molecule has 1 fully saturated rings. The van der Waals surface area contributed by atoms with Gasteiger partial charge in [0.05, 0.1) is 16.4 Å². The lowest BCUT2D eigenvalue weighted by atomic mass is 10.0. The maximum atomic E-state index is 12.1. The molecule has 1 saturated heterocycles. The van der Waals surface area contributed by atoms with Crippen LogP contribution in [0.4, 0.5) is 0 Å². The number of thiophene rings is 1. The molecule has 0 aromatic carbocycles. The number of hydrogen-bond acceptors (Lipinski definition) is 4. The molecule has 1 amide bonds. The Morgan fingerprint density at radius 1 is 1.52 bits per heavy atom. The predicted octanol–water partition coefficient (Wildman–Crippen LogP) is 1.70. The minimum Gasteiger partial charge on any atom is -0.395 e. The van der Waals surface area contributed by atoms with Crippen molar-refractivity contribution in [1.82, 2.24) is 10.2 Å².